The van der Waals surface area contributed by atoms with E-state index >= 15 is 0 Å². The molecule has 3 amide bonds. The molecule has 2 N–H and O–H groups in total. The fourth-order valence-corrected chi connectivity index (χ4v) is 6.71. The molecule has 2 saturated heterocycles. The Kier molecular flexibility index (Phi) is 6.57. The average molecular weight is 535 g/mol. The van der Waals surface area contributed by atoms with Gasteiger partial charge >= 0.3 is 0 Å². The van der Waals surface area contributed by atoms with E-state index in [9.17, 15) is 14.4 Å². The summed E-state index contributed by atoms with van der Waals surface area (Å²) >= 11 is 0. The van der Waals surface area contributed by atoms with Gasteiger partial charge in [-0.1, -0.05) is 12.8 Å². The van der Waals surface area contributed by atoms with Gasteiger partial charge in [-0.2, -0.15) is 0 Å². The second-order valence-electron chi connectivity index (χ2n) is 11.7. The lowest BCUT2D eigenvalue weighted by Crippen LogP contribution is -2.59. The lowest BCUT2D eigenvalue weighted by Gasteiger charge is -2.47. The molecule has 0 aromatic carbocycles. The summed E-state index contributed by atoms with van der Waals surface area (Å²) < 4.78 is 0. The van der Waals surface area contributed by atoms with E-state index < -0.39 is 17.6 Å². The van der Waals surface area contributed by atoms with Crippen molar-refractivity contribution in [1.82, 2.24) is 25.0 Å². The number of hydrogen-bond acceptors (Lipinski definition) is 9. The number of aliphatic imine (C=N–C) groups is 1. The number of amides is 3. The highest BCUT2D eigenvalue weighted by molar-refractivity contribution is 6.19. The monoisotopic (exact) mass is 534 g/mol. The number of nitrogens with zero attached hydrogens (tertiary/aromatic N) is 6. The molecular weight excluding hydrogens is 496 g/mol. The Morgan fingerprint density at radius 3 is 2.41 bits per heavy atom. The van der Waals surface area contributed by atoms with Crippen molar-refractivity contribution in [3.05, 3.63) is 29.7 Å². The van der Waals surface area contributed by atoms with E-state index in [0.29, 0.717) is 6.04 Å². The van der Waals surface area contributed by atoms with Gasteiger partial charge in [0.2, 0.25) is 17.7 Å². The summed E-state index contributed by atoms with van der Waals surface area (Å²) in [5.41, 5.74) is 0.289. The van der Waals surface area contributed by atoms with Gasteiger partial charge in [0.25, 0.3) is 0 Å². The first-order valence-corrected chi connectivity index (χ1v) is 14.2. The van der Waals surface area contributed by atoms with Crippen molar-refractivity contribution in [3.8, 4) is 0 Å². The van der Waals surface area contributed by atoms with Gasteiger partial charge in [-0.25, -0.2) is 9.98 Å². The quantitative estimate of drug-likeness (QED) is 0.434. The van der Waals surface area contributed by atoms with Crippen LogP contribution in [0.2, 0.25) is 0 Å². The van der Waals surface area contributed by atoms with Gasteiger partial charge < -0.3 is 15.1 Å². The molecule has 2 unspecified atom stereocenters. The smallest absolute Gasteiger partial charge is 0.244 e. The first-order valence-electron chi connectivity index (χ1n) is 14.2. The van der Waals surface area contributed by atoms with Crippen molar-refractivity contribution in [3.63, 3.8) is 0 Å². The standard InChI is InChI=1S/C28H38N8O3/c1-18(2)34-10-12-35(13-11-34)22-9-8-20(17-29-22)31-27-30-16-19-14-28(15-23(37)32-25(28)38)26(39)36(24(19)33(27)3)21-6-4-5-7-21/h8-9,16-18,21,27,31H,4-7,10-15H2,1-3H3,(H,32,37,38). The van der Waals surface area contributed by atoms with Crippen LogP contribution in [0.1, 0.15) is 52.4 Å². The second-order valence-corrected chi connectivity index (χ2v) is 11.7. The van der Waals surface area contributed by atoms with Crippen LogP contribution in [-0.4, -0.2) is 95.2 Å². The van der Waals surface area contributed by atoms with E-state index in [1.165, 1.54) is 0 Å². The van der Waals surface area contributed by atoms with E-state index in [1.807, 2.05) is 35.2 Å². The fraction of sp³-hybridized carbons (Fsp3) is 0.607. The highest BCUT2D eigenvalue weighted by Crippen LogP contribution is 2.46. The van der Waals surface area contributed by atoms with Crippen LogP contribution >= 0.6 is 0 Å². The first-order chi connectivity index (χ1) is 18.8. The summed E-state index contributed by atoms with van der Waals surface area (Å²) in [5, 5.41) is 5.82. The number of hydrogen-bond donors (Lipinski definition) is 2. The normalized spacial score (nSPS) is 28.3. The molecule has 2 atom stereocenters. The highest BCUT2D eigenvalue weighted by Gasteiger charge is 2.59. The predicted octanol–water partition coefficient (Wildman–Crippen LogP) is 1.74. The van der Waals surface area contributed by atoms with Crippen LogP contribution in [0.3, 0.4) is 0 Å². The van der Waals surface area contributed by atoms with Crippen molar-refractivity contribution in [2.24, 2.45) is 10.4 Å². The third kappa shape index (κ3) is 4.46. The summed E-state index contributed by atoms with van der Waals surface area (Å²) in [6, 6.07) is 4.63. The van der Waals surface area contributed by atoms with Crippen molar-refractivity contribution >= 4 is 35.4 Å². The van der Waals surface area contributed by atoms with Crippen molar-refractivity contribution in [2.45, 2.75) is 70.7 Å². The number of nitrogens with one attached hydrogen (secondary N) is 2. The number of allylic oxidation sites excluding steroid dienone is 1. The summed E-state index contributed by atoms with van der Waals surface area (Å²) in [6.45, 7) is 8.45. The van der Waals surface area contributed by atoms with E-state index in [1.54, 1.807) is 6.21 Å². The molecule has 1 aliphatic carbocycles. The Labute approximate surface area is 229 Å². The third-order valence-corrected chi connectivity index (χ3v) is 8.96. The molecule has 1 aromatic heterocycles. The summed E-state index contributed by atoms with van der Waals surface area (Å²) in [5.74, 6) is 0.613. The van der Waals surface area contributed by atoms with Gasteiger partial charge in [-0.15, -0.1) is 0 Å². The molecule has 0 bridgehead atoms. The van der Waals surface area contributed by atoms with Crippen molar-refractivity contribution in [2.75, 3.05) is 43.4 Å². The minimum Gasteiger partial charge on any atom is -0.354 e. The zero-order valence-electron chi connectivity index (χ0n) is 23.0. The van der Waals surface area contributed by atoms with Crippen LogP contribution in [0.4, 0.5) is 11.5 Å². The molecule has 4 aliphatic heterocycles. The minimum absolute atomic E-state index is 0.00916. The number of pyridine rings is 1. The molecule has 208 valence electrons. The molecule has 39 heavy (non-hydrogen) atoms. The van der Waals surface area contributed by atoms with Gasteiger partial charge in [0.15, 0.2) is 6.29 Å². The van der Waals surface area contributed by atoms with Gasteiger partial charge in [-0.05, 0) is 38.8 Å². The molecule has 0 radical (unpaired) electrons. The third-order valence-electron chi connectivity index (χ3n) is 8.96. The Hall–Kier alpha value is -3.47. The molecule has 3 fully saturated rings. The van der Waals surface area contributed by atoms with Crippen molar-refractivity contribution < 1.29 is 14.4 Å². The zero-order chi connectivity index (χ0) is 27.3. The summed E-state index contributed by atoms with van der Waals surface area (Å²) in [7, 11) is 1.92. The molecule has 11 nitrogen and oxygen atoms in total. The molecular formula is C28H38N8O3. The van der Waals surface area contributed by atoms with Gasteiger partial charge in [0.1, 0.15) is 17.1 Å². The van der Waals surface area contributed by atoms with Crippen LogP contribution in [0.25, 0.3) is 0 Å². The van der Waals surface area contributed by atoms with Crippen molar-refractivity contribution in [1.29, 1.82) is 0 Å². The SMILES string of the molecule is CC(C)N1CCN(c2ccc(NC3N=CC4=C(N3C)N(C3CCCC3)C(=O)C3(CC(=O)NC3=O)C4)cn2)CC1. The molecule has 1 aromatic rings. The number of aromatic nitrogens is 1. The van der Waals surface area contributed by atoms with Crippen LogP contribution in [-0.2, 0) is 14.4 Å². The average Bonchev–Trinajstić information content (AvgIpc) is 3.55. The highest BCUT2D eigenvalue weighted by atomic mass is 16.2. The largest absolute Gasteiger partial charge is 0.354 e. The lowest BCUT2D eigenvalue weighted by atomic mass is 9.75. The maximum Gasteiger partial charge on any atom is 0.244 e. The topological polar surface area (TPSA) is 113 Å². The Morgan fingerprint density at radius 1 is 1.05 bits per heavy atom. The molecule has 1 saturated carbocycles. The summed E-state index contributed by atoms with van der Waals surface area (Å²) in [6.07, 6.45) is 7.10. The van der Waals surface area contributed by atoms with Crippen LogP contribution in [0.5, 0.6) is 0 Å². The maximum absolute atomic E-state index is 14.0. The lowest BCUT2D eigenvalue weighted by molar-refractivity contribution is -0.151. The number of carbonyl (C=O) groups is 3. The number of imide groups is 1. The van der Waals surface area contributed by atoms with Crippen LogP contribution < -0.4 is 15.5 Å². The van der Waals surface area contributed by atoms with E-state index in [2.05, 4.69) is 34.3 Å². The predicted molar refractivity (Wildman–Crippen MR) is 148 cm³/mol. The van der Waals surface area contributed by atoms with E-state index in [-0.39, 0.29) is 30.7 Å². The summed E-state index contributed by atoms with van der Waals surface area (Å²) in [4.78, 5) is 57.1. The molecule has 1 spiro atoms. The number of piperazine rings is 1. The Morgan fingerprint density at radius 2 is 1.79 bits per heavy atom. The van der Waals surface area contributed by atoms with Crippen LogP contribution in [0.15, 0.2) is 34.7 Å². The minimum atomic E-state index is -1.37. The second kappa shape index (κ2) is 9.93. The van der Waals surface area contributed by atoms with Gasteiger partial charge in [-0.3, -0.25) is 29.5 Å². The van der Waals surface area contributed by atoms with E-state index in [4.69, 9.17) is 9.98 Å². The molecule has 5 aliphatic rings. The van der Waals surface area contributed by atoms with E-state index in [0.717, 1.165) is 74.8 Å². The molecule has 6 rings (SSSR count). The Bertz CT molecular complexity index is 1210. The van der Waals surface area contributed by atoms with Crippen LogP contribution in [0, 0.1) is 5.41 Å². The van der Waals surface area contributed by atoms with Gasteiger partial charge in [0, 0.05) is 63.5 Å². The number of rotatable bonds is 5. The number of anilines is 2. The van der Waals surface area contributed by atoms with Gasteiger partial charge in [0.05, 0.1) is 18.3 Å². The first kappa shape index (κ1) is 25.8. The zero-order valence-corrected chi connectivity index (χ0v) is 23.0. The molecule has 5 heterocycles. The number of carbonyl (C=O) groups excluding carboxylic acids is 3. The Balaban J connectivity index is 1.20. The molecule has 11 heteroatoms. The fourth-order valence-electron chi connectivity index (χ4n) is 6.71. The maximum atomic E-state index is 14.0.